The van der Waals surface area contributed by atoms with Gasteiger partial charge in [0.05, 0.1) is 26.2 Å². The highest BCUT2D eigenvalue weighted by molar-refractivity contribution is 7.22. The topological polar surface area (TPSA) is 88.7 Å². The molecule has 150 valence electrons. The van der Waals surface area contributed by atoms with Crippen molar-refractivity contribution in [1.82, 2.24) is 4.98 Å². The fourth-order valence-corrected chi connectivity index (χ4v) is 4.38. The second kappa shape index (κ2) is 8.09. The Kier molecular flexibility index (Phi) is 5.34. The van der Waals surface area contributed by atoms with Crippen molar-refractivity contribution < 1.29 is 14.1 Å². The molecule has 4 rings (SSSR count). The summed E-state index contributed by atoms with van der Waals surface area (Å²) in [5.41, 5.74) is 1.87. The summed E-state index contributed by atoms with van der Waals surface area (Å²) >= 11 is 2.21. The predicted molar refractivity (Wildman–Crippen MR) is 116 cm³/mol. The van der Waals surface area contributed by atoms with Gasteiger partial charge < -0.3 is 0 Å². The molecule has 4 aromatic rings. The van der Waals surface area contributed by atoms with E-state index in [9.17, 15) is 19.3 Å². The lowest BCUT2D eigenvalue weighted by molar-refractivity contribution is -0.380. The van der Waals surface area contributed by atoms with E-state index in [4.69, 9.17) is 0 Å². The molecule has 2 aromatic heterocycles. The number of nitrogens with zero attached hydrogens (tertiary/aromatic N) is 4. The Labute approximate surface area is 177 Å². The third kappa shape index (κ3) is 4.09. The van der Waals surface area contributed by atoms with Crippen LogP contribution in [0.15, 0.2) is 59.7 Å². The number of rotatable bonds is 5. The zero-order valence-electron chi connectivity index (χ0n) is 15.5. The number of hydrazone groups is 1. The number of thiazole rings is 1. The van der Waals surface area contributed by atoms with Crippen molar-refractivity contribution in [2.75, 3.05) is 5.01 Å². The van der Waals surface area contributed by atoms with E-state index >= 15 is 0 Å². The summed E-state index contributed by atoms with van der Waals surface area (Å²) < 4.78 is 14.5. The SMILES string of the molecule is Cc1ccc2nc(N(/N=C/c3ccc([N+](=O)[O-])s3)C(=O)c3cccc(F)c3)sc2c1. The normalized spacial score (nSPS) is 11.3. The largest absolute Gasteiger partial charge is 0.324 e. The standard InChI is InChI=1S/C20H13FN4O3S2/c1-12-5-7-16-17(9-12)30-20(23-16)24(19(26)13-3-2-4-14(21)10-13)22-11-15-6-8-18(29-15)25(27)28/h2-11H,1H3/b22-11+. The molecule has 0 aliphatic carbocycles. The summed E-state index contributed by atoms with van der Waals surface area (Å²) in [4.78, 5) is 28.5. The number of amides is 1. The summed E-state index contributed by atoms with van der Waals surface area (Å²) in [7, 11) is 0. The van der Waals surface area contributed by atoms with Crippen LogP contribution in [0.3, 0.4) is 0 Å². The van der Waals surface area contributed by atoms with Crippen LogP contribution in [0.25, 0.3) is 10.2 Å². The lowest BCUT2D eigenvalue weighted by Crippen LogP contribution is -2.25. The van der Waals surface area contributed by atoms with Crippen LogP contribution in [0.5, 0.6) is 0 Å². The highest BCUT2D eigenvalue weighted by Crippen LogP contribution is 2.31. The van der Waals surface area contributed by atoms with E-state index in [1.165, 1.54) is 41.8 Å². The molecule has 30 heavy (non-hydrogen) atoms. The second-order valence-electron chi connectivity index (χ2n) is 6.27. The van der Waals surface area contributed by atoms with E-state index in [-0.39, 0.29) is 10.6 Å². The van der Waals surface area contributed by atoms with Crippen LogP contribution in [-0.2, 0) is 0 Å². The number of hydrogen-bond donors (Lipinski definition) is 0. The summed E-state index contributed by atoms with van der Waals surface area (Å²) in [6.07, 6.45) is 1.35. The van der Waals surface area contributed by atoms with Gasteiger partial charge in [0.15, 0.2) is 0 Å². The lowest BCUT2D eigenvalue weighted by Gasteiger charge is -2.13. The molecule has 1 amide bonds. The monoisotopic (exact) mass is 440 g/mol. The first kappa shape index (κ1) is 19.8. The first-order valence-electron chi connectivity index (χ1n) is 8.66. The third-order valence-electron chi connectivity index (χ3n) is 4.07. The quantitative estimate of drug-likeness (QED) is 0.236. The van der Waals surface area contributed by atoms with Gasteiger partial charge in [-0.25, -0.2) is 9.37 Å². The molecule has 0 fully saturated rings. The van der Waals surface area contributed by atoms with Crippen molar-refractivity contribution in [2.45, 2.75) is 6.92 Å². The van der Waals surface area contributed by atoms with E-state index in [0.29, 0.717) is 15.5 Å². The van der Waals surface area contributed by atoms with Gasteiger partial charge in [0, 0.05) is 11.6 Å². The summed E-state index contributed by atoms with van der Waals surface area (Å²) in [5.74, 6) is -1.11. The number of aryl methyl sites for hydroxylation is 1. The summed E-state index contributed by atoms with van der Waals surface area (Å²) in [6.45, 7) is 1.95. The zero-order chi connectivity index (χ0) is 21.3. The van der Waals surface area contributed by atoms with E-state index in [1.54, 1.807) is 6.07 Å². The van der Waals surface area contributed by atoms with Crippen LogP contribution in [0.4, 0.5) is 14.5 Å². The maximum Gasteiger partial charge on any atom is 0.324 e. The minimum atomic E-state index is -0.562. The molecule has 0 radical (unpaired) electrons. The van der Waals surface area contributed by atoms with Crippen molar-refractivity contribution in [2.24, 2.45) is 5.10 Å². The molecule has 0 bridgehead atoms. The average Bonchev–Trinajstić information content (AvgIpc) is 3.35. The van der Waals surface area contributed by atoms with E-state index < -0.39 is 16.6 Å². The van der Waals surface area contributed by atoms with Crippen LogP contribution in [0.2, 0.25) is 0 Å². The molecular formula is C20H13FN4O3S2. The molecule has 0 spiro atoms. The smallest absolute Gasteiger partial charge is 0.267 e. The Balaban J connectivity index is 1.75. The van der Waals surface area contributed by atoms with Crippen LogP contribution in [-0.4, -0.2) is 22.0 Å². The number of hydrogen-bond acceptors (Lipinski definition) is 7. The van der Waals surface area contributed by atoms with Gasteiger partial charge in [0.2, 0.25) is 5.13 Å². The van der Waals surface area contributed by atoms with Gasteiger partial charge in [-0.1, -0.05) is 34.8 Å². The molecule has 0 aliphatic rings. The summed E-state index contributed by atoms with van der Waals surface area (Å²) in [6, 6.07) is 13.9. The van der Waals surface area contributed by atoms with E-state index in [1.807, 2.05) is 25.1 Å². The van der Waals surface area contributed by atoms with Gasteiger partial charge in [-0.2, -0.15) is 10.1 Å². The third-order valence-corrected chi connectivity index (χ3v) is 6.04. The number of thiophene rings is 1. The Bertz CT molecular complexity index is 1300. The Morgan fingerprint density at radius 1 is 1.20 bits per heavy atom. The molecule has 0 aliphatic heterocycles. The molecule has 0 unspecified atom stereocenters. The average molecular weight is 440 g/mol. The molecule has 0 saturated carbocycles. The van der Waals surface area contributed by atoms with Crippen LogP contribution in [0, 0.1) is 22.9 Å². The molecule has 0 N–H and O–H groups in total. The molecule has 2 aromatic carbocycles. The van der Waals surface area contributed by atoms with Crippen molar-refractivity contribution in [3.05, 3.63) is 86.5 Å². The number of fused-ring (bicyclic) bond motifs is 1. The predicted octanol–water partition coefficient (Wildman–Crippen LogP) is 5.39. The van der Waals surface area contributed by atoms with Crippen molar-refractivity contribution >= 4 is 55.1 Å². The molecule has 2 heterocycles. The minimum absolute atomic E-state index is 0.0325. The first-order valence-corrected chi connectivity index (χ1v) is 10.3. The lowest BCUT2D eigenvalue weighted by atomic mass is 10.2. The second-order valence-corrected chi connectivity index (χ2v) is 8.38. The van der Waals surface area contributed by atoms with Crippen molar-refractivity contribution in [3.8, 4) is 0 Å². The van der Waals surface area contributed by atoms with Gasteiger partial charge in [0.1, 0.15) is 5.82 Å². The number of benzene rings is 2. The number of carbonyl (C=O) groups is 1. The van der Waals surface area contributed by atoms with Gasteiger partial charge in [-0.05, 0) is 48.9 Å². The van der Waals surface area contributed by atoms with E-state index in [2.05, 4.69) is 10.1 Å². The van der Waals surface area contributed by atoms with Gasteiger partial charge in [-0.3, -0.25) is 14.9 Å². The summed E-state index contributed by atoms with van der Waals surface area (Å²) in [5, 5.41) is 16.5. The Morgan fingerprint density at radius 2 is 2.03 bits per heavy atom. The van der Waals surface area contributed by atoms with Crippen molar-refractivity contribution in [3.63, 3.8) is 0 Å². The molecule has 0 saturated heterocycles. The highest BCUT2D eigenvalue weighted by Gasteiger charge is 2.22. The number of halogens is 1. The minimum Gasteiger partial charge on any atom is -0.267 e. The fourth-order valence-electron chi connectivity index (χ4n) is 2.67. The molecule has 7 nitrogen and oxygen atoms in total. The van der Waals surface area contributed by atoms with Crippen LogP contribution in [0.1, 0.15) is 20.8 Å². The maximum absolute atomic E-state index is 13.7. The molecular weight excluding hydrogens is 427 g/mol. The molecule has 0 atom stereocenters. The zero-order valence-corrected chi connectivity index (χ0v) is 17.1. The van der Waals surface area contributed by atoms with Crippen LogP contribution >= 0.6 is 22.7 Å². The van der Waals surface area contributed by atoms with Gasteiger partial charge in [-0.15, -0.1) is 0 Å². The highest BCUT2D eigenvalue weighted by atomic mass is 32.1. The number of nitro groups is 1. The van der Waals surface area contributed by atoms with Gasteiger partial charge in [0.25, 0.3) is 5.91 Å². The number of aromatic nitrogens is 1. The van der Waals surface area contributed by atoms with Gasteiger partial charge >= 0.3 is 5.00 Å². The molecule has 10 heteroatoms. The first-order chi connectivity index (χ1) is 14.4. The number of anilines is 1. The Hall–Kier alpha value is -3.50. The number of carbonyl (C=O) groups excluding carboxylic acids is 1. The maximum atomic E-state index is 13.7. The Morgan fingerprint density at radius 3 is 2.77 bits per heavy atom. The van der Waals surface area contributed by atoms with Crippen LogP contribution < -0.4 is 5.01 Å². The fraction of sp³-hybridized carbons (Fsp3) is 0.0500. The van der Waals surface area contributed by atoms with E-state index in [0.717, 1.165) is 32.7 Å². The van der Waals surface area contributed by atoms with Crippen molar-refractivity contribution in [1.29, 1.82) is 0 Å².